The van der Waals surface area contributed by atoms with Gasteiger partial charge in [-0.1, -0.05) is 71.9 Å². The van der Waals surface area contributed by atoms with Crippen molar-refractivity contribution in [3.8, 4) is 0 Å². The zero-order valence-electron chi connectivity index (χ0n) is 38.5. The Hall–Kier alpha value is -5.67. The lowest BCUT2D eigenvalue weighted by Gasteiger charge is -2.31. The number of benzene rings is 1. The largest absolute Gasteiger partial charge is 0.481 e. The van der Waals surface area contributed by atoms with E-state index in [1.807, 2.05) is 13.8 Å². The summed E-state index contributed by atoms with van der Waals surface area (Å²) in [5, 5.41) is 54.9. The quantitative estimate of drug-likeness (QED) is 0.0527. The van der Waals surface area contributed by atoms with Gasteiger partial charge in [0.2, 0.25) is 41.4 Å². The second-order valence-corrected chi connectivity index (χ2v) is 18.0. The summed E-state index contributed by atoms with van der Waals surface area (Å²) >= 11 is 0. The fourth-order valence-corrected chi connectivity index (χ4v) is 7.34. The van der Waals surface area contributed by atoms with Crippen LogP contribution < -0.4 is 37.6 Å². The molecule has 1 aromatic carbocycles. The first-order valence-corrected chi connectivity index (χ1v) is 22.1. The molecule has 0 aliphatic carbocycles. The van der Waals surface area contributed by atoms with Gasteiger partial charge in [-0.05, 0) is 69.3 Å². The molecule has 0 radical (unpaired) electrons. The number of carbonyl (C=O) groups excluding carboxylic acids is 7. The Kier molecular flexibility index (Phi) is 22.5. The average molecular weight is 919 g/mol. The summed E-state index contributed by atoms with van der Waals surface area (Å²) in [6, 6.07) is -2.44. The number of likely N-dealkylation sites (tertiary alicyclic amines) is 1. The molecule has 1 aliphatic rings. The number of hydrogen-bond acceptors (Lipinski definition) is 12. The topological polar surface area (TPSA) is 336 Å². The molecule has 0 unspecified atom stereocenters. The summed E-state index contributed by atoms with van der Waals surface area (Å²) < 4.78 is 0. The molecule has 364 valence electrons. The predicted octanol–water partition coefficient (Wildman–Crippen LogP) is -1.08. The number of rotatable bonds is 26. The van der Waals surface area contributed by atoms with Gasteiger partial charge in [-0.3, -0.25) is 38.4 Å². The number of aliphatic carboxylic acids is 2. The number of aliphatic hydroxyl groups excluding tert-OH is 2. The standard InChI is InChI=1S/C44H70N8O13/c1-22(2)17-28(45)37(57)48-31(20-27-13-10-9-11-14-27)43(63)52-16-12-15-33(52)40(60)51-36(26(8)54)42(62)47-30(21-34(55)56)39(59)50-35(25(7)53)41(61)46-29(18-23(3)4)38(58)49-32(44(64)65)19-24(5)6/h9-11,13-14,22-26,28-33,35-36,53-54H,12,15-21,45H2,1-8H3,(H,46,61)(H,47,62)(H,48,57)(H,49,58)(H,50,59)(H,51,60)(H,55,56)(H,64,65)/t25-,26-,28+,29+,30+,31+,32+,33+,35+,36+/m1/s1. The number of carboxylic acids is 2. The Morgan fingerprint density at radius 2 is 1.09 bits per heavy atom. The minimum Gasteiger partial charge on any atom is -0.481 e. The normalized spacial score (nSPS) is 17.9. The smallest absolute Gasteiger partial charge is 0.326 e. The number of amides is 7. The molecule has 12 N–H and O–H groups in total. The molecular formula is C44H70N8O13. The first-order chi connectivity index (χ1) is 30.3. The first-order valence-electron chi connectivity index (χ1n) is 22.1. The zero-order chi connectivity index (χ0) is 49.3. The van der Waals surface area contributed by atoms with Gasteiger partial charge in [0.1, 0.15) is 42.3 Å². The molecule has 1 aliphatic heterocycles. The number of nitrogens with one attached hydrogen (secondary N) is 6. The number of carboxylic acid groups (broad SMARTS) is 2. The first kappa shape index (κ1) is 55.5. The molecule has 0 spiro atoms. The summed E-state index contributed by atoms with van der Waals surface area (Å²) in [7, 11) is 0. The molecule has 10 atom stereocenters. The third-order valence-electron chi connectivity index (χ3n) is 10.6. The fraction of sp³-hybridized carbons (Fsp3) is 0.659. The zero-order valence-corrected chi connectivity index (χ0v) is 38.5. The SMILES string of the molecule is CC(C)C[C@H](NC(=O)[C@H](CC(C)C)NC(=O)[C@@H](NC(=O)[C@H](CC(=O)O)NC(=O)[C@@H](NC(=O)[C@@H]1CCCN1C(=O)[C@H](Cc1ccccc1)NC(=O)[C@@H](N)CC(C)C)[C@@H](C)O)[C@@H](C)O)C(=O)O. The lowest BCUT2D eigenvalue weighted by Crippen LogP contribution is -2.63. The van der Waals surface area contributed by atoms with Crippen molar-refractivity contribution < 1.29 is 63.6 Å². The van der Waals surface area contributed by atoms with E-state index in [4.69, 9.17) is 5.73 Å². The lowest BCUT2D eigenvalue weighted by molar-refractivity contribution is -0.143. The molecule has 1 heterocycles. The van der Waals surface area contributed by atoms with E-state index in [0.717, 1.165) is 19.4 Å². The minimum absolute atomic E-state index is 0.0287. The monoisotopic (exact) mass is 919 g/mol. The Morgan fingerprint density at radius 1 is 0.615 bits per heavy atom. The van der Waals surface area contributed by atoms with Crippen LogP contribution in [0, 0.1) is 17.8 Å². The van der Waals surface area contributed by atoms with E-state index in [1.54, 1.807) is 58.0 Å². The van der Waals surface area contributed by atoms with Crippen LogP contribution in [0.25, 0.3) is 0 Å². The van der Waals surface area contributed by atoms with E-state index in [-0.39, 0.29) is 50.0 Å². The van der Waals surface area contributed by atoms with Crippen LogP contribution >= 0.6 is 0 Å². The van der Waals surface area contributed by atoms with E-state index in [2.05, 4.69) is 31.9 Å². The molecule has 21 heteroatoms. The Labute approximate surface area is 379 Å². The van der Waals surface area contributed by atoms with Crippen LogP contribution in [0.5, 0.6) is 0 Å². The maximum atomic E-state index is 14.1. The van der Waals surface area contributed by atoms with Crippen molar-refractivity contribution in [1.29, 1.82) is 0 Å². The van der Waals surface area contributed by atoms with Crippen molar-refractivity contribution in [2.75, 3.05) is 6.54 Å². The average Bonchev–Trinajstić information content (AvgIpc) is 3.70. The summed E-state index contributed by atoms with van der Waals surface area (Å²) in [5.74, 6) is -9.46. The van der Waals surface area contributed by atoms with Crippen LogP contribution in [0.4, 0.5) is 0 Å². The molecule has 65 heavy (non-hydrogen) atoms. The number of nitrogens with zero attached hydrogens (tertiary/aromatic N) is 1. The van der Waals surface area contributed by atoms with Crippen molar-refractivity contribution in [2.24, 2.45) is 23.5 Å². The second kappa shape index (κ2) is 26.3. The molecule has 1 saturated heterocycles. The van der Waals surface area contributed by atoms with E-state index in [9.17, 15) is 63.6 Å². The summed E-state index contributed by atoms with van der Waals surface area (Å²) in [6.07, 6.45) is -3.26. The minimum atomic E-state index is -1.94. The number of carbonyl (C=O) groups is 9. The van der Waals surface area contributed by atoms with Gasteiger partial charge in [0.15, 0.2) is 0 Å². The summed E-state index contributed by atoms with van der Waals surface area (Å²) in [5.41, 5.74) is 6.85. The van der Waals surface area contributed by atoms with Gasteiger partial charge < -0.3 is 63.0 Å². The van der Waals surface area contributed by atoms with Gasteiger partial charge in [0.25, 0.3) is 0 Å². The van der Waals surface area contributed by atoms with E-state index in [1.165, 1.54) is 4.90 Å². The Morgan fingerprint density at radius 3 is 1.60 bits per heavy atom. The number of aliphatic hydroxyl groups is 2. The lowest BCUT2D eigenvalue weighted by atomic mass is 10.00. The number of hydrogen-bond donors (Lipinski definition) is 11. The van der Waals surface area contributed by atoms with Crippen LogP contribution in [0.1, 0.15) is 99.5 Å². The van der Waals surface area contributed by atoms with Crippen LogP contribution in [0.3, 0.4) is 0 Å². The molecule has 2 rings (SSSR count). The maximum absolute atomic E-state index is 14.1. The van der Waals surface area contributed by atoms with Gasteiger partial charge >= 0.3 is 11.9 Å². The van der Waals surface area contributed by atoms with Crippen molar-refractivity contribution in [3.05, 3.63) is 35.9 Å². The second-order valence-electron chi connectivity index (χ2n) is 18.0. The molecular weight excluding hydrogens is 849 g/mol. The Bertz CT molecular complexity index is 1810. The number of nitrogens with two attached hydrogens (primary N) is 1. The third kappa shape index (κ3) is 18.4. The van der Waals surface area contributed by atoms with E-state index < -0.39 is 120 Å². The molecule has 0 aromatic heterocycles. The van der Waals surface area contributed by atoms with Gasteiger partial charge in [0.05, 0.1) is 24.7 Å². The molecule has 21 nitrogen and oxygen atoms in total. The highest BCUT2D eigenvalue weighted by Gasteiger charge is 2.41. The maximum Gasteiger partial charge on any atom is 0.326 e. The molecule has 1 fully saturated rings. The van der Waals surface area contributed by atoms with Crippen molar-refractivity contribution >= 4 is 53.3 Å². The van der Waals surface area contributed by atoms with Crippen molar-refractivity contribution in [2.45, 2.75) is 161 Å². The molecule has 0 saturated carbocycles. The van der Waals surface area contributed by atoms with E-state index in [0.29, 0.717) is 12.8 Å². The van der Waals surface area contributed by atoms with Gasteiger partial charge in [-0.15, -0.1) is 0 Å². The summed E-state index contributed by atoms with van der Waals surface area (Å²) in [6.45, 7) is 13.2. The van der Waals surface area contributed by atoms with Gasteiger partial charge in [0, 0.05) is 13.0 Å². The highest BCUT2D eigenvalue weighted by molar-refractivity contribution is 5.99. The van der Waals surface area contributed by atoms with Crippen LogP contribution in [-0.2, 0) is 49.6 Å². The Balaban J connectivity index is 2.29. The van der Waals surface area contributed by atoms with Crippen LogP contribution in [0.15, 0.2) is 30.3 Å². The van der Waals surface area contributed by atoms with E-state index >= 15 is 0 Å². The molecule has 7 amide bonds. The van der Waals surface area contributed by atoms with Gasteiger partial charge in [-0.25, -0.2) is 4.79 Å². The predicted molar refractivity (Wildman–Crippen MR) is 236 cm³/mol. The molecule has 1 aromatic rings. The van der Waals surface area contributed by atoms with Crippen LogP contribution in [-0.4, -0.2) is 146 Å². The third-order valence-corrected chi connectivity index (χ3v) is 10.6. The van der Waals surface area contributed by atoms with Gasteiger partial charge in [-0.2, -0.15) is 0 Å². The van der Waals surface area contributed by atoms with Crippen molar-refractivity contribution in [1.82, 2.24) is 36.8 Å². The highest BCUT2D eigenvalue weighted by Crippen LogP contribution is 2.21. The van der Waals surface area contributed by atoms with Crippen LogP contribution in [0.2, 0.25) is 0 Å². The summed E-state index contributed by atoms with van der Waals surface area (Å²) in [4.78, 5) is 120. The fourth-order valence-electron chi connectivity index (χ4n) is 7.34. The van der Waals surface area contributed by atoms with Crippen molar-refractivity contribution in [3.63, 3.8) is 0 Å². The molecule has 0 bridgehead atoms. The highest BCUT2D eigenvalue weighted by atomic mass is 16.4.